The molecule has 5 heterocycles. The number of nitrogens with one attached hydrogen (secondary N) is 1. The molecule has 0 aromatic carbocycles. The summed E-state index contributed by atoms with van der Waals surface area (Å²) in [6.45, 7) is 1.68. The summed E-state index contributed by atoms with van der Waals surface area (Å²) in [5, 5.41) is 14.4. The van der Waals surface area contributed by atoms with Crippen LogP contribution in [0.1, 0.15) is 25.5 Å². The van der Waals surface area contributed by atoms with Gasteiger partial charge in [-0.25, -0.2) is 9.37 Å². The predicted molar refractivity (Wildman–Crippen MR) is 126 cm³/mol. The highest BCUT2D eigenvalue weighted by molar-refractivity contribution is 7.99. The molecule has 1 saturated heterocycles. The molecule has 0 radical (unpaired) electrons. The van der Waals surface area contributed by atoms with E-state index in [1.807, 2.05) is 6.07 Å². The number of aliphatic hydroxyl groups is 1. The van der Waals surface area contributed by atoms with E-state index in [1.165, 1.54) is 7.11 Å². The number of ether oxygens (including phenoxy) is 3. The van der Waals surface area contributed by atoms with Crippen molar-refractivity contribution in [2.45, 2.75) is 48.9 Å². The van der Waals surface area contributed by atoms with Gasteiger partial charge in [0.15, 0.2) is 5.75 Å². The summed E-state index contributed by atoms with van der Waals surface area (Å²) in [4.78, 5) is 13.9. The van der Waals surface area contributed by atoms with E-state index in [9.17, 15) is 9.50 Å². The van der Waals surface area contributed by atoms with Gasteiger partial charge < -0.3 is 24.6 Å². The molecule has 4 atom stereocenters. The zero-order valence-electron chi connectivity index (χ0n) is 19.7. The average molecular weight is 488 g/mol. The number of methoxy groups -OCH3 is 1. The second kappa shape index (κ2) is 10.4. The number of thioether (sulfide) groups is 1. The monoisotopic (exact) mass is 487 g/mol. The molecular weight excluding hydrogens is 459 g/mol. The van der Waals surface area contributed by atoms with Crippen molar-refractivity contribution in [1.29, 1.82) is 0 Å². The SMILES string of the molecule is [2H]C(c1c(F)cnc2ccc(OC)nc12)[C@H](O)[C@@H]1CC[C@@H](NCc2cc3c(cn2)OCCS3)CO1. The number of halogens is 1. The summed E-state index contributed by atoms with van der Waals surface area (Å²) in [6.07, 6.45) is 1.03. The molecule has 0 saturated carbocycles. The van der Waals surface area contributed by atoms with Crippen LogP contribution >= 0.6 is 11.8 Å². The van der Waals surface area contributed by atoms with Crippen LogP contribution < -0.4 is 14.8 Å². The fraction of sp³-hybridized carbons (Fsp3) is 0.458. The van der Waals surface area contributed by atoms with Gasteiger partial charge in [0.2, 0.25) is 5.88 Å². The topological polar surface area (TPSA) is 98.6 Å². The number of nitrogens with zero attached hydrogens (tertiary/aromatic N) is 3. The number of aromatic nitrogens is 3. The summed E-state index contributed by atoms with van der Waals surface area (Å²) in [5.41, 5.74) is 1.56. The normalized spacial score (nSPS) is 22.4. The Labute approximate surface area is 202 Å². The fourth-order valence-electron chi connectivity index (χ4n) is 4.13. The molecule has 3 aromatic heterocycles. The van der Waals surface area contributed by atoms with Crippen molar-refractivity contribution in [3.05, 3.63) is 47.7 Å². The lowest BCUT2D eigenvalue weighted by atomic mass is 9.96. The minimum absolute atomic E-state index is 0.00872. The minimum Gasteiger partial charge on any atom is -0.490 e. The molecule has 5 rings (SSSR count). The third-order valence-electron chi connectivity index (χ3n) is 5.97. The quantitative estimate of drug-likeness (QED) is 0.521. The van der Waals surface area contributed by atoms with Crippen LogP contribution in [-0.2, 0) is 17.7 Å². The van der Waals surface area contributed by atoms with Crippen LogP contribution in [0.4, 0.5) is 4.39 Å². The molecule has 2 N–H and O–H groups in total. The molecule has 3 aromatic rings. The Morgan fingerprint density at radius 1 is 1.35 bits per heavy atom. The van der Waals surface area contributed by atoms with Crippen LogP contribution in [-0.4, -0.2) is 64.4 Å². The molecule has 2 aliphatic heterocycles. The van der Waals surface area contributed by atoms with Gasteiger partial charge in [-0.2, -0.15) is 0 Å². The first kappa shape index (κ1) is 22.0. The lowest BCUT2D eigenvalue weighted by molar-refractivity contribution is -0.0719. The van der Waals surface area contributed by atoms with Crippen molar-refractivity contribution in [3.63, 3.8) is 0 Å². The van der Waals surface area contributed by atoms with Crippen LogP contribution in [0.5, 0.6) is 11.6 Å². The molecule has 2 aliphatic rings. The second-order valence-corrected chi connectivity index (χ2v) is 9.38. The number of fused-ring (bicyclic) bond motifs is 2. The zero-order chi connectivity index (χ0) is 24.4. The largest absolute Gasteiger partial charge is 0.490 e. The van der Waals surface area contributed by atoms with Gasteiger partial charge >= 0.3 is 0 Å². The Kier molecular flexibility index (Phi) is 6.71. The molecule has 34 heavy (non-hydrogen) atoms. The first-order valence-electron chi connectivity index (χ1n) is 11.8. The molecule has 8 nitrogen and oxygen atoms in total. The Hall–Kier alpha value is -2.53. The zero-order valence-corrected chi connectivity index (χ0v) is 19.6. The van der Waals surface area contributed by atoms with E-state index in [-0.39, 0.29) is 23.0 Å². The van der Waals surface area contributed by atoms with Crippen LogP contribution in [0.15, 0.2) is 35.5 Å². The van der Waals surface area contributed by atoms with Crippen molar-refractivity contribution < 1.29 is 25.1 Å². The van der Waals surface area contributed by atoms with Crippen LogP contribution in [0.3, 0.4) is 0 Å². The summed E-state index contributed by atoms with van der Waals surface area (Å²) in [5.74, 6) is 1.37. The second-order valence-electron chi connectivity index (χ2n) is 8.24. The molecule has 0 spiro atoms. The number of rotatable bonds is 7. The number of aliphatic hydroxyl groups excluding tert-OH is 1. The van der Waals surface area contributed by atoms with Gasteiger partial charge in [0.25, 0.3) is 0 Å². The van der Waals surface area contributed by atoms with E-state index < -0.39 is 24.4 Å². The summed E-state index contributed by atoms with van der Waals surface area (Å²) in [6, 6.07) is 5.41. The highest BCUT2D eigenvalue weighted by atomic mass is 32.2. The smallest absolute Gasteiger partial charge is 0.213 e. The molecule has 0 bridgehead atoms. The average Bonchev–Trinajstić information content (AvgIpc) is 2.91. The summed E-state index contributed by atoms with van der Waals surface area (Å²) in [7, 11) is 1.46. The van der Waals surface area contributed by atoms with E-state index in [4.69, 9.17) is 15.6 Å². The van der Waals surface area contributed by atoms with Crippen LogP contribution in [0, 0.1) is 5.82 Å². The third-order valence-corrected chi connectivity index (χ3v) is 6.98. The van der Waals surface area contributed by atoms with Crippen molar-refractivity contribution in [2.24, 2.45) is 0 Å². The molecule has 0 aliphatic carbocycles. The Morgan fingerprint density at radius 2 is 2.26 bits per heavy atom. The van der Waals surface area contributed by atoms with Gasteiger partial charge in [-0.05, 0) is 25.0 Å². The van der Waals surface area contributed by atoms with Gasteiger partial charge in [-0.15, -0.1) is 11.8 Å². The number of hydrogen-bond donors (Lipinski definition) is 2. The lowest BCUT2D eigenvalue weighted by Crippen LogP contribution is -2.44. The maximum absolute atomic E-state index is 14.7. The first-order chi connectivity index (χ1) is 17.0. The fourth-order valence-corrected chi connectivity index (χ4v) is 4.99. The molecule has 1 fully saturated rings. The number of pyridine rings is 3. The van der Waals surface area contributed by atoms with E-state index in [2.05, 4.69) is 20.3 Å². The number of hydrogen-bond acceptors (Lipinski definition) is 9. The van der Waals surface area contributed by atoms with Crippen molar-refractivity contribution in [1.82, 2.24) is 20.3 Å². The first-order valence-corrected chi connectivity index (χ1v) is 12.2. The maximum atomic E-state index is 14.7. The third kappa shape index (κ3) is 5.10. The van der Waals surface area contributed by atoms with Crippen LogP contribution in [0.2, 0.25) is 0 Å². The Balaban J connectivity index is 1.20. The molecule has 10 heteroatoms. The van der Waals surface area contributed by atoms with Gasteiger partial charge in [0.1, 0.15) is 5.82 Å². The highest BCUT2D eigenvalue weighted by Gasteiger charge is 2.29. The van der Waals surface area contributed by atoms with E-state index >= 15 is 0 Å². The lowest BCUT2D eigenvalue weighted by Gasteiger charge is -2.32. The molecular formula is C24H27FN4O4S. The summed E-state index contributed by atoms with van der Waals surface area (Å²) >= 11 is 1.77. The van der Waals surface area contributed by atoms with E-state index in [1.54, 1.807) is 30.1 Å². The molecule has 0 amide bonds. The Bertz CT molecular complexity index is 1200. The molecule has 1 unspecified atom stereocenters. The van der Waals surface area contributed by atoms with Crippen molar-refractivity contribution in [3.8, 4) is 11.6 Å². The summed E-state index contributed by atoms with van der Waals surface area (Å²) < 4.78 is 40.0. The maximum Gasteiger partial charge on any atom is 0.213 e. The predicted octanol–water partition coefficient (Wildman–Crippen LogP) is 2.90. The van der Waals surface area contributed by atoms with E-state index in [0.717, 1.165) is 34.7 Å². The van der Waals surface area contributed by atoms with Crippen LogP contribution in [0.25, 0.3) is 11.0 Å². The van der Waals surface area contributed by atoms with E-state index in [0.29, 0.717) is 31.7 Å². The highest BCUT2D eigenvalue weighted by Crippen LogP contribution is 2.32. The van der Waals surface area contributed by atoms with Gasteiger partial charge in [0.05, 0.1) is 66.5 Å². The van der Waals surface area contributed by atoms with Gasteiger partial charge in [-0.1, -0.05) is 0 Å². The van der Waals surface area contributed by atoms with Crippen molar-refractivity contribution >= 4 is 22.8 Å². The molecule has 180 valence electrons. The standard InChI is InChI=1S/C24H27FN4O4S/c1-31-23-5-3-18-24(29-23)16(17(25)11-28-18)9-19(30)20-4-2-14(13-33-20)26-10-15-8-22-21(12-27-15)32-6-7-34-22/h3,5,8,11-12,14,19-20,26,30H,2,4,6-7,9-10,13H2,1H3/t14-,19+,20+/m1/s1/i9D/t9?,14-,19+,20+. The minimum atomic E-state index is -1.28. The van der Waals surface area contributed by atoms with Gasteiger partial charge in [-0.3, -0.25) is 9.97 Å². The van der Waals surface area contributed by atoms with Crippen molar-refractivity contribution in [2.75, 3.05) is 26.1 Å². The Morgan fingerprint density at radius 3 is 3.09 bits per heavy atom. The van der Waals surface area contributed by atoms with Gasteiger partial charge in [0, 0.05) is 37.7 Å².